The topological polar surface area (TPSA) is 70.4 Å². The third-order valence-electron chi connectivity index (χ3n) is 6.55. The van der Waals surface area contributed by atoms with E-state index in [2.05, 4.69) is 5.10 Å². The van der Waals surface area contributed by atoms with E-state index in [0.717, 1.165) is 12.1 Å². The molecular weight excluding hydrogens is 474 g/mol. The van der Waals surface area contributed by atoms with Crippen LogP contribution in [0, 0.1) is 17.6 Å². The van der Waals surface area contributed by atoms with Crippen LogP contribution < -0.4 is 4.74 Å². The first-order valence-corrected chi connectivity index (χ1v) is 12.4. The standard InChI is InChI=1S/C23H21ClF2N2O4S/c24-15-2-4-16(5-3-15)33(29,30)23-9-13-31-20(8-12-28-11-1-10-27-28)17(23)14-32-22-19(26)7-6-18(25)21(22)23/h1-7,10-11,17,20H,8-9,12-14H2/t17-,20-,23?/m0/s1. The number of ether oxygens (including phenoxy) is 2. The smallest absolute Gasteiger partial charge is 0.189 e. The van der Waals surface area contributed by atoms with Crippen LogP contribution in [0.3, 0.4) is 0 Å². The first kappa shape index (κ1) is 22.3. The molecule has 6 nitrogen and oxygen atoms in total. The summed E-state index contributed by atoms with van der Waals surface area (Å²) >= 11 is 5.97. The SMILES string of the molecule is O=S(=O)(c1ccc(Cl)cc1)C12CCO[C@@H](CCn3cccn3)[C@@H]1COc1c(F)ccc(F)c12. The van der Waals surface area contributed by atoms with Gasteiger partial charge < -0.3 is 9.47 Å². The number of fused-ring (bicyclic) bond motifs is 3. The lowest BCUT2D eigenvalue weighted by molar-refractivity contribution is -0.0776. The zero-order valence-electron chi connectivity index (χ0n) is 17.5. The van der Waals surface area contributed by atoms with E-state index in [1.807, 2.05) is 0 Å². The molecule has 0 spiro atoms. The molecule has 5 rings (SSSR count). The highest BCUT2D eigenvalue weighted by atomic mass is 35.5. The van der Waals surface area contributed by atoms with Gasteiger partial charge in [-0.15, -0.1) is 0 Å². The van der Waals surface area contributed by atoms with Gasteiger partial charge in [0.15, 0.2) is 21.4 Å². The molecular formula is C23H21ClF2N2O4S. The van der Waals surface area contributed by atoms with Crippen molar-refractivity contribution >= 4 is 21.4 Å². The molecule has 1 unspecified atom stereocenters. The van der Waals surface area contributed by atoms with Crippen LogP contribution in [0.15, 0.2) is 59.8 Å². The van der Waals surface area contributed by atoms with Gasteiger partial charge in [0, 0.05) is 36.5 Å². The molecule has 2 aromatic carbocycles. The van der Waals surface area contributed by atoms with Crippen molar-refractivity contribution in [1.82, 2.24) is 9.78 Å². The van der Waals surface area contributed by atoms with Crippen LogP contribution in [-0.2, 0) is 25.9 Å². The minimum atomic E-state index is -4.21. The van der Waals surface area contributed by atoms with Crippen LogP contribution in [0.25, 0.3) is 0 Å². The Hall–Kier alpha value is -2.49. The molecule has 1 fully saturated rings. The van der Waals surface area contributed by atoms with E-state index in [4.69, 9.17) is 21.1 Å². The Labute approximate surface area is 195 Å². The monoisotopic (exact) mass is 494 g/mol. The van der Waals surface area contributed by atoms with E-state index < -0.39 is 38.2 Å². The predicted molar refractivity (Wildman–Crippen MR) is 117 cm³/mol. The molecule has 0 radical (unpaired) electrons. The molecule has 3 atom stereocenters. The Morgan fingerprint density at radius 3 is 2.64 bits per heavy atom. The van der Waals surface area contributed by atoms with Crippen molar-refractivity contribution < 1.29 is 26.7 Å². The van der Waals surface area contributed by atoms with Gasteiger partial charge in [-0.2, -0.15) is 5.10 Å². The third kappa shape index (κ3) is 3.53. The van der Waals surface area contributed by atoms with E-state index >= 15 is 4.39 Å². The molecule has 0 amide bonds. The van der Waals surface area contributed by atoms with Gasteiger partial charge in [-0.1, -0.05) is 11.6 Å². The molecule has 0 aliphatic carbocycles. The third-order valence-corrected chi connectivity index (χ3v) is 9.36. The average Bonchev–Trinajstić information content (AvgIpc) is 3.33. The second-order valence-corrected chi connectivity index (χ2v) is 10.9. The van der Waals surface area contributed by atoms with Crippen molar-refractivity contribution in [2.75, 3.05) is 13.2 Å². The van der Waals surface area contributed by atoms with E-state index in [1.54, 1.807) is 23.1 Å². The van der Waals surface area contributed by atoms with Crippen molar-refractivity contribution in [3.63, 3.8) is 0 Å². The molecule has 0 N–H and O–H groups in total. The fraction of sp³-hybridized carbons (Fsp3) is 0.348. The maximum atomic E-state index is 15.3. The summed E-state index contributed by atoms with van der Waals surface area (Å²) in [5, 5.41) is 4.55. The lowest BCUT2D eigenvalue weighted by Crippen LogP contribution is -2.57. The molecule has 0 bridgehead atoms. The summed E-state index contributed by atoms with van der Waals surface area (Å²) < 4.78 is 70.0. The van der Waals surface area contributed by atoms with Gasteiger partial charge >= 0.3 is 0 Å². The lowest BCUT2D eigenvalue weighted by atomic mass is 9.75. The van der Waals surface area contributed by atoms with Gasteiger partial charge in [0.25, 0.3) is 0 Å². The van der Waals surface area contributed by atoms with Crippen molar-refractivity contribution in [2.45, 2.75) is 35.1 Å². The number of nitrogens with zero attached hydrogens (tertiary/aromatic N) is 2. The summed E-state index contributed by atoms with van der Waals surface area (Å²) in [6.07, 6.45) is 3.27. The molecule has 1 aromatic heterocycles. The Morgan fingerprint density at radius 2 is 1.91 bits per heavy atom. The van der Waals surface area contributed by atoms with Crippen LogP contribution in [0.2, 0.25) is 5.02 Å². The van der Waals surface area contributed by atoms with Crippen LogP contribution in [0.4, 0.5) is 8.78 Å². The number of aromatic nitrogens is 2. The second-order valence-electron chi connectivity index (χ2n) is 8.21. The zero-order chi connectivity index (χ0) is 23.2. The maximum absolute atomic E-state index is 15.3. The molecule has 3 aromatic rings. The summed E-state index contributed by atoms with van der Waals surface area (Å²) in [4.78, 5) is -0.0128. The molecule has 2 aliphatic rings. The van der Waals surface area contributed by atoms with Crippen LogP contribution in [0.1, 0.15) is 18.4 Å². The van der Waals surface area contributed by atoms with Crippen LogP contribution >= 0.6 is 11.6 Å². The zero-order valence-corrected chi connectivity index (χ0v) is 19.0. The molecule has 0 saturated carbocycles. The molecule has 3 heterocycles. The van der Waals surface area contributed by atoms with Crippen molar-refractivity contribution in [3.05, 3.63) is 77.1 Å². The summed E-state index contributed by atoms with van der Waals surface area (Å²) in [6.45, 7) is 0.427. The van der Waals surface area contributed by atoms with Gasteiger partial charge in [-0.05, 0) is 55.3 Å². The fourth-order valence-corrected chi connectivity index (χ4v) is 7.50. The van der Waals surface area contributed by atoms with E-state index in [1.165, 1.54) is 24.3 Å². The largest absolute Gasteiger partial charge is 0.490 e. The molecule has 174 valence electrons. The van der Waals surface area contributed by atoms with Gasteiger partial charge in [-0.25, -0.2) is 17.2 Å². The Morgan fingerprint density at radius 1 is 1.15 bits per heavy atom. The second kappa shape index (κ2) is 8.38. The highest BCUT2D eigenvalue weighted by Gasteiger charge is 2.61. The number of rotatable bonds is 5. The molecule has 10 heteroatoms. The summed E-state index contributed by atoms with van der Waals surface area (Å²) in [5.41, 5.74) is -0.263. The molecule has 2 aliphatic heterocycles. The molecule has 33 heavy (non-hydrogen) atoms. The maximum Gasteiger partial charge on any atom is 0.189 e. The Balaban J connectivity index is 1.67. The fourth-order valence-electron chi connectivity index (χ4n) is 5.03. The Kier molecular flexibility index (Phi) is 5.66. The number of sulfone groups is 1. The van der Waals surface area contributed by atoms with Gasteiger partial charge in [0.05, 0.1) is 23.2 Å². The molecule has 1 saturated heterocycles. The highest BCUT2D eigenvalue weighted by Crippen LogP contribution is 2.55. The summed E-state index contributed by atoms with van der Waals surface area (Å²) in [7, 11) is -4.21. The highest BCUT2D eigenvalue weighted by molar-refractivity contribution is 7.92. The normalized spacial score (nSPS) is 24.6. The van der Waals surface area contributed by atoms with Crippen molar-refractivity contribution in [1.29, 1.82) is 0 Å². The average molecular weight is 495 g/mol. The Bertz CT molecular complexity index is 1270. The van der Waals surface area contributed by atoms with Gasteiger partial charge in [0.2, 0.25) is 0 Å². The quantitative estimate of drug-likeness (QED) is 0.526. The minimum absolute atomic E-state index is 0.0128. The number of aryl methyl sites for hydroxylation is 1. The minimum Gasteiger partial charge on any atom is -0.490 e. The summed E-state index contributed by atoms with van der Waals surface area (Å²) in [5.74, 6) is -2.72. The predicted octanol–water partition coefficient (Wildman–Crippen LogP) is 4.37. The van der Waals surface area contributed by atoms with E-state index in [-0.39, 0.29) is 35.8 Å². The van der Waals surface area contributed by atoms with E-state index in [9.17, 15) is 12.8 Å². The first-order chi connectivity index (χ1) is 15.8. The number of halogens is 3. The van der Waals surface area contributed by atoms with Crippen LogP contribution in [0.5, 0.6) is 5.75 Å². The van der Waals surface area contributed by atoms with Crippen molar-refractivity contribution in [2.24, 2.45) is 5.92 Å². The first-order valence-electron chi connectivity index (χ1n) is 10.5. The number of hydrogen-bond acceptors (Lipinski definition) is 5. The van der Waals surface area contributed by atoms with E-state index in [0.29, 0.717) is 18.0 Å². The van der Waals surface area contributed by atoms with Gasteiger partial charge in [-0.3, -0.25) is 4.68 Å². The summed E-state index contributed by atoms with van der Waals surface area (Å²) in [6, 6.07) is 9.41. The number of benzene rings is 2. The lowest BCUT2D eigenvalue weighted by Gasteiger charge is -2.50. The van der Waals surface area contributed by atoms with Crippen LogP contribution in [-0.4, -0.2) is 37.5 Å². The van der Waals surface area contributed by atoms with Crippen molar-refractivity contribution in [3.8, 4) is 5.75 Å². The number of hydrogen-bond donors (Lipinski definition) is 0. The van der Waals surface area contributed by atoms with Gasteiger partial charge in [0.1, 0.15) is 10.6 Å².